The second-order valence-corrected chi connectivity index (χ2v) is 6.37. The number of pyridine rings is 2. The third-order valence-electron chi connectivity index (χ3n) is 4.27. The average molecular weight is 393 g/mol. The predicted molar refractivity (Wildman–Crippen MR) is 103 cm³/mol. The third kappa shape index (κ3) is 3.57. The fourth-order valence-corrected chi connectivity index (χ4v) is 2.86. The van der Waals surface area contributed by atoms with Crippen LogP contribution in [0.5, 0.6) is 11.5 Å². The Morgan fingerprint density at radius 3 is 2.86 bits per heavy atom. The van der Waals surface area contributed by atoms with Gasteiger partial charge < -0.3 is 14.4 Å². The summed E-state index contributed by atoms with van der Waals surface area (Å²) in [5.74, 6) is -0.0701. The highest BCUT2D eigenvalue weighted by atomic mass is 19.1. The summed E-state index contributed by atoms with van der Waals surface area (Å²) in [5, 5.41) is 30.2. The lowest BCUT2D eigenvalue weighted by Gasteiger charge is -2.13. The van der Waals surface area contributed by atoms with Crippen LogP contribution in [-0.4, -0.2) is 32.3 Å². The molecular weight excluding hydrogens is 377 g/mol. The predicted octanol–water partition coefficient (Wildman–Crippen LogP) is 3.23. The highest BCUT2D eigenvalue weighted by Crippen LogP contribution is 2.26. The van der Waals surface area contributed by atoms with Gasteiger partial charge in [-0.3, -0.25) is 20.4 Å². The zero-order valence-corrected chi connectivity index (χ0v) is 15.3. The maximum absolute atomic E-state index is 14.3. The van der Waals surface area contributed by atoms with E-state index in [4.69, 9.17) is 20.1 Å². The number of hydrogen-bond donors (Lipinski definition) is 3. The molecule has 29 heavy (non-hydrogen) atoms. The Morgan fingerprint density at radius 2 is 2.10 bits per heavy atom. The molecule has 4 aromatic rings. The zero-order valence-electron chi connectivity index (χ0n) is 15.3. The Bertz CT molecular complexity index is 1300. The van der Waals surface area contributed by atoms with Gasteiger partial charge in [-0.1, -0.05) is 5.16 Å². The Hall–Kier alpha value is -4.01. The number of aromatic nitrogens is 3. The molecule has 1 aromatic carbocycles. The molecule has 8 nitrogen and oxygen atoms in total. The van der Waals surface area contributed by atoms with E-state index < -0.39 is 11.3 Å². The molecule has 0 saturated heterocycles. The van der Waals surface area contributed by atoms with Gasteiger partial charge in [0.2, 0.25) is 0 Å². The molecule has 0 spiro atoms. The second kappa shape index (κ2) is 7.19. The van der Waals surface area contributed by atoms with Gasteiger partial charge in [-0.2, -0.15) is 0 Å². The van der Waals surface area contributed by atoms with Gasteiger partial charge in [0.15, 0.2) is 17.1 Å². The highest BCUT2D eigenvalue weighted by Gasteiger charge is 2.13. The molecule has 0 amide bonds. The molecule has 0 fully saturated rings. The number of phenols is 1. The molecule has 0 unspecified atom stereocenters. The molecule has 3 aromatic heterocycles. The minimum Gasteiger partial charge on any atom is -0.508 e. The first-order chi connectivity index (χ1) is 13.9. The molecule has 3 N–H and O–H groups in total. The SMILES string of the molecule is Cc1cc(-c2cc(F)c(=N)n(C(=N)COc3ccnc4cc(O)ccc34)c2)on1. The van der Waals surface area contributed by atoms with Crippen molar-refractivity contribution in [1.82, 2.24) is 14.7 Å². The van der Waals surface area contributed by atoms with E-state index in [9.17, 15) is 9.50 Å². The Kier molecular flexibility index (Phi) is 4.55. The average Bonchev–Trinajstić information content (AvgIpc) is 3.14. The van der Waals surface area contributed by atoms with Gasteiger partial charge in [0.25, 0.3) is 0 Å². The number of rotatable bonds is 4. The molecule has 0 aliphatic carbocycles. The lowest BCUT2D eigenvalue weighted by molar-refractivity contribution is 0.375. The van der Waals surface area contributed by atoms with Crippen molar-refractivity contribution in [2.45, 2.75) is 6.92 Å². The van der Waals surface area contributed by atoms with Crippen molar-refractivity contribution in [3.8, 4) is 22.8 Å². The van der Waals surface area contributed by atoms with Crippen LogP contribution < -0.4 is 10.2 Å². The van der Waals surface area contributed by atoms with Gasteiger partial charge in [-0.15, -0.1) is 0 Å². The highest BCUT2D eigenvalue weighted by molar-refractivity contribution is 5.87. The van der Waals surface area contributed by atoms with Gasteiger partial charge in [0.1, 0.15) is 23.9 Å². The van der Waals surface area contributed by atoms with Crippen LogP contribution in [0.2, 0.25) is 0 Å². The summed E-state index contributed by atoms with van der Waals surface area (Å²) in [6, 6.07) is 9.11. The van der Waals surface area contributed by atoms with Gasteiger partial charge >= 0.3 is 0 Å². The molecule has 0 saturated carbocycles. The first-order valence-electron chi connectivity index (χ1n) is 8.61. The quantitative estimate of drug-likeness (QED) is 0.363. The number of ether oxygens (including phenoxy) is 1. The van der Waals surface area contributed by atoms with Crippen LogP contribution in [0, 0.1) is 23.6 Å². The number of hydrogen-bond acceptors (Lipinski definition) is 7. The maximum atomic E-state index is 14.3. The lowest BCUT2D eigenvalue weighted by atomic mass is 10.2. The molecule has 0 bridgehead atoms. The van der Waals surface area contributed by atoms with Crippen LogP contribution in [0.25, 0.3) is 22.2 Å². The Labute approximate surface area is 163 Å². The van der Waals surface area contributed by atoms with Gasteiger partial charge in [0, 0.05) is 35.5 Å². The summed E-state index contributed by atoms with van der Waals surface area (Å²) < 4.78 is 26.2. The molecule has 146 valence electrons. The van der Waals surface area contributed by atoms with Gasteiger partial charge in [-0.05, 0) is 31.2 Å². The number of fused-ring (bicyclic) bond motifs is 1. The van der Waals surface area contributed by atoms with Crippen LogP contribution in [-0.2, 0) is 0 Å². The largest absolute Gasteiger partial charge is 0.508 e. The summed E-state index contributed by atoms with van der Waals surface area (Å²) >= 11 is 0. The van der Waals surface area contributed by atoms with E-state index in [0.29, 0.717) is 33.7 Å². The van der Waals surface area contributed by atoms with Crippen molar-refractivity contribution in [3.63, 3.8) is 0 Å². The topological polar surface area (TPSA) is 121 Å². The number of nitrogens with zero attached hydrogens (tertiary/aromatic N) is 3. The fourth-order valence-electron chi connectivity index (χ4n) is 2.86. The number of aromatic hydroxyl groups is 1. The normalized spacial score (nSPS) is 11.0. The smallest absolute Gasteiger partial charge is 0.168 e. The minimum absolute atomic E-state index is 0.0826. The Morgan fingerprint density at radius 1 is 1.28 bits per heavy atom. The third-order valence-corrected chi connectivity index (χ3v) is 4.27. The number of aryl methyl sites for hydroxylation is 1. The van der Waals surface area contributed by atoms with E-state index in [-0.39, 0.29) is 18.2 Å². The van der Waals surface area contributed by atoms with Crippen LogP contribution in [0.15, 0.2) is 53.3 Å². The van der Waals surface area contributed by atoms with Crippen molar-refractivity contribution in [2.75, 3.05) is 6.61 Å². The second-order valence-electron chi connectivity index (χ2n) is 6.37. The summed E-state index contributed by atoms with van der Waals surface area (Å²) in [4.78, 5) is 4.17. The van der Waals surface area contributed by atoms with E-state index in [2.05, 4.69) is 10.1 Å². The minimum atomic E-state index is -0.800. The molecular formula is C20H16FN5O3. The standard InChI is InChI=1S/C20H16FN5O3/c1-11-6-18(29-25-11)12-7-15(21)20(23)26(9-12)19(22)10-28-17-4-5-24-16-8-13(27)2-3-14(16)17/h2-9,22-23,27H,10H2,1H3. The van der Waals surface area contributed by atoms with Gasteiger partial charge in [0.05, 0.1) is 11.2 Å². The van der Waals surface area contributed by atoms with E-state index in [1.165, 1.54) is 24.5 Å². The van der Waals surface area contributed by atoms with Crippen LogP contribution in [0.1, 0.15) is 5.69 Å². The van der Waals surface area contributed by atoms with Crippen molar-refractivity contribution in [2.24, 2.45) is 0 Å². The number of benzene rings is 1. The number of nitrogens with one attached hydrogen (secondary N) is 2. The maximum Gasteiger partial charge on any atom is 0.168 e. The summed E-state index contributed by atoms with van der Waals surface area (Å²) in [7, 11) is 0. The molecule has 4 rings (SSSR count). The molecule has 0 radical (unpaired) electrons. The van der Waals surface area contributed by atoms with Crippen molar-refractivity contribution >= 4 is 16.7 Å². The van der Waals surface area contributed by atoms with Crippen molar-refractivity contribution < 1.29 is 18.8 Å². The van der Waals surface area contributed by atoms with Crippen LogP contribution in [0.4, 0.5) is 4.39 Å². The summed E-state index contributed by atoms with van der Waals surface area (Å²) in [6.07, 6.45) is 2.95. The first kappa shape index (κ1) is 18.4. The number of halogens is 1. The molecule has 9 heteroatoms. The fraction of sp³-hybridized carbons (Fsp3) is 0.100. The van der Waals surface area contributed by atoms with E-state index >= 15 is 0 Å². The molecule has 0 atom stereocenters. The van der Waals surface area contributed by atoms with E-state index in [1.807, 2.05) is 0 Å². The Balaban J connectivity index is 1.62. The van der Waals surface area contributed by atoms with Gasteiger partial charge in [-0.25, -0.2) is 4.39 Å². The number of phenolic OH excluding ortho intramolecular Hbond substituents is 1. The molecule has 0 aliphatic rings. The molecule has 0 aliphatic heterocycles. The van der Waals surface area contributed by atoms with Crippen LogP contribution >= 0.6 is 0 Å². The summed E-state index contributed by atoms with van der Waals surface area (Å²) in [6.45, 7) is 1.53. The summed E-state index contributed by atoms with van der Waals surface area (Å²) in [5.41, 5.74) is 1.06. The zero-order chi connectivity index (χ0) is 20.5. The van der Waals surface area contributed by atoms with Crippen LogP contribution in [0.3, 0.4) is 0 Å². The lowest BCUT2D eigenvalue weighted by Crippen LogP contribution is -2.32. The van der Waals surface area contributed by atoms with E-state index in [1.54, 1.807) is 25.1 Å². The van der Waals surface area contributed by atoms with Crippen molar-refractivity contribution in [3.05, 3.63) is 65.8 Å². The molecule has 3 heterocycles. The first-order valence-corrected chi connectivity index (χ1v) is 8.61. The van der Waals surface area contributed by atoms with Crippen molar-refractivity contribution in [1.29, 1.82) is 10.8 Å². The monoisotopic (exact) mass is 393 g/mol. The van der Waals surface area contributed by atoms with E-state index in [0.717, 1.165) is 10.6 Å².